The lowest BCUT2D eigenvalue weighted by atomic mass is 9.97. The lowest BCUT2D eigenvalue weighted by Gasteiger charge is -2.20. The average Bonchev–Trinajstić information content (AvgIpc) is 2.90. The van der Waals surface area contributed by atoms with E-state index in [-0.39, 0.29) is 24.0 Å². The third-order valence-corrected chi connectivity index (χ3v) is 6.02. The van der Waals surface area contributed by atoms with Crippen LogP contribution in [0.15, 0.2) is 91.7 Å². The number of hydrogen-bond acceptors (Lipinski definition) is 2. The van der Waals surface area contributed by atoms with Crippen molar-refractivity contribution in [3.8, 4) is 33.8 Å². The smallest absolute Gasteiger partial charge is 0.432 e. The fourth-order valence-electron chi connectivity index (χ4n) is 4.08. The van der Waals surface area contributed by atoms with Crippen LogP contribution in [0, 0.1) is 29.1 Å². The second-order valence-electron chi connectivity index (χ2n) is 8.89. The number of aryl methyl sites for hydroxylation is 1. The number of benzene rings is 4. The number of hydrogen-bond donors (Lipinski definition) is 0. The van der Waals surface area contributed by atoms with E-state index in [1.165, 1.54) is 12.1 Å². The maximum atomic E-state index is 15.0. The Morgan fingerprint density at radius 2 is 1.29 bits per heavy atom. The minimum absolute atomic E-state index is 0.145. The minimum Gasteiger partial charge on any atom is -0.453 e. The van der Waals surface area contributed by atoms with E-state index in [1.807, 2.05) is 12.1 Å². The Labute approximate surface area is 233 Å². The molecule has 0 heterocycles. The minimum atomic E-state index is -4.81. The molecule has 218 valence electrons. The zero-order valence-electron chi connectivity index (χ0n) is 21.3. The Bertz CT molecular complexity index is 1600. The number of halogens is 9. The topological polar surface area (TPSA) is 18.5 Å². The normalized spacial score (nSPS) is 11.3. The van der Waals surface area contributed by atoms with Crippen molar-refractivity contribution in [2.75, 3.05) is 0 Å². The van der Waals surface area contributed by atoms with Gasteiger partial charge in [-0.2, -0.15) is 17.6 Å². The number of allylic oxidation sites excluding steroid dienone is 1. The molecule has 0 aliphatic carbocycles. The molecule has 11 heteroatoms. The Hall–Kier alpha value is -4.67. The molecule has 0 aromatic heterocycles. The molecule has 0 saturated heterocycles. The molecule has 0 bridgehead atoms. The zero-order valence-corrected chi connectivity index (χ0v) is 21.3. The van der Waals surface area contributed by atoms with Gasteiger partial charge in [0, 0.05) is 17.7 Å². The Balaban J connectivity index is 1.59. The summed E-state index contributed by atoms with van der Waals surface area (Å²) in [7, 11) is 0. The van der Waals surface area contributed by atoms with Crippen LogP contribution in [-0.2, 0) is 12.5 Å². The Morgan fingerprint density at radius 1 is 0.714 bits per heavy atom. The summed E-state index contributed by atoms with van der Waals surface area (Å²) in [5.74, 6) is -10.6. The van der Waals surface area contributed by atoms with E-state index >= 15 is 4.39 Å². The van der Waals surface area contributed by atoms with Gasteiger partial charge in [-0.3, -0.25) is 0 Å². The van der Waals surface area contributed by atoms with Crippen LogP contribution in [0.4, 0.5) is 39.5 Å². The molecule has 0 spiro atoms. The van der Waals surface area contributed by atoms with E-state index in [2.05, 4.69) is 16.1 Å². The molecule has 0 atom stereocenters. The van der Waals surface area contributed by atoms with Gasteiger partial charge in [-0.15, -0.1) is 6.58 Å². The van der Waals surface area contributed by atoms with Gasteiger partial charge in [0.1, 0.15) is 28.8 Å². The van der Waals surface area contributed by atoms with Crippen molar-refractivity contribution in [3.63, 3.8) is 0 Å². The van der Waals surface area contributed by atoms with Gasteiger partial charge in [0.05, 0.1) is 0 Å². The van der Waals surface area contributed by atoms with Gasteiger partial charge in [-0.25, -0.2) is 22.0 Å². The number of rotatable bonds is 10. The van der Waals surface area contributed by atoms with E-state index in [0.717, 1.165) is 24.5 Å². The van der Waals surface area contributed by atoms with Gasteiger partial charge in [0.15, 0.2) is 23.6 Å². The molecule has 0 aliphatic rings. The van der Waals surface area contributed by atoms with Crippen molar-refractivity contribution in [2.45, 2.75) is 19.0 Å². The SMILES string of the molecule is C=CCCc1ccc(-c2ccc(-c3cc(F)c(C(F)(F)Oc4cc(F)c(OC=C(F)F)c(F)c4)c(F)c3)c(F)c2)cc1. The summed E-state index contributed by atoms with van der Waals surface area (Å²) in [6, 6.07) is 12.4. The molecule has 0 radical (unpaired) electrons. The highest BCUT2D eigenvalue weighted by Gasteiger charge is 2.41. The first-order valence-electron chi connectivity index (χ1n) is 12.1. The van der Waals surface area contributed by atoms with Crippen molar-refractivity contribution in [1.29, 1.82) is 0 Å². The summed E-state index contributed by atoms with van der Waals surface area (Å²) in [4.78, 5) is 0. The van der Waals surface area contributed by atoms with Gasteiger partial charge in [-0.05, 0) is 53.3 Å². The summed E-state index contributed by atoms with van der Waals surface area (Å²) >= 11 is 0. The monoisotopic (exact) mass is 594 g/mol. The molecule has 0 N–H and O–H groups in total. The lowest BCUT2D eigenvalue weighted by molar-refractivity contribution is -0.189. The molecule has 4 rings (SSSR count). The molecule has 0 fully saturated rings. The molecular weight excluding hydrogens is 575 g/mol. The van der Waals surface area contributed by atoms with Crippen LogP contribution in [0.3, 0.4) is 0 Å². The van der Waals surface area contributed by atoms with Crippen molar-refractivity contribution >= 4 is 0 Å². The van der Waals surface area contributed by atoms with Gasteiger partial charge < -0.3 is 9.47 Å². The maximum absolute atomic E-state index is 15.0. The van der Waals surface area contributed by atoms with Crippen molar-refractivity contribution in [3.05, 3.63) is 132 Å². The second kappa shape index (κ2) is 12.5. The summed E-state index contributed by atoms with van der Waals surface area (Å²) in [6.07, 6.45) is -4.18. The van der Waals surface area contributed by atoms with Gasteiger partial charge in [0.25, 0.3) is 0 Å². The van der Waals surface area contributed by atoms with Gasteiger partial charge >= 0.3 is 12.2 Å². The maximum Gasteiger partial charge on any atom is 0.432 e. The highest BCUT2D eigenvalue weighted by atomic mass is 19.3. The summed E-state index contributed by atoms with van der Waals surface area (Å²) in [5, 5.41) is 0. The van der Waals surface area contributed by atoms with E-state index in [4.69, 9.17) is 0 Å². The number of alkyl halides is 2. The van der Waals surface area contributed by atoms with E-state index in [1.54, 1.807) is 18.2 Å². The van der Waals surface area contributed by atoms with E-state index in [0.29, 0.717) is 23.3 Å². The predicted octanol–water partition coefficient (Wildman–Crippen LogP) is 10.1. The first-order chi connectivity index (χ1) is 19.9. The molecule has 4 aromatic rings. The third-order valence-electron chi connectivity index (χ3n) is 6.02. The lowest BCUT2D eigenvalue weighted by Crippen LogP contribution is -2.25. The van der Waals surface area contributed by atoms with Crippen molar-refractivity contribution in [2.24, 2.45) is 0 Å². The number of ether oxygens (including phenoxy) is 2. The van der Waals surface area contributed by atoms with E-state index < -0.39 is 63.9 Å². The van der Waals surface area contributed by atoms with Crippen LogP contribution in [-0.4, -0.2) is 0 Å². The molecule has 42 heavy (non-hydrogen) atoms. The highest BCUT2D eigenvalue weighted by Crippen LogP contribution is 2.39. The molecule has 0 aliphatic heterocycles. The van der Waals surface area contributed by atoms with Crippen LogP contribution in [0.25, 0.3) is 22.3 Å². The summed E-state index contributed by atoms with van der Waals surface area (Å²) < 4.78 is 135. The van der Waals surface area contributed by atoms with Crippen molar-refractivity contribution < 1.29 is 49.0 Å². The van der Waals surface area contributed by atoms with Gasteiger partial charge in [0.2, 0.25) is 0 Å². The van der Waals surface area contributed by atoms with Crippen LogP contribution >= 0.6 is 0 Å². The second-order valence-corrected chi connectivity index (χ2v) is 8.89. The molecule has 0 unspecified atom stereocenters. The Kier molecular flexibility index (Phi) is 8.99. The van der Waals surface area contributed by atoms with E-state index in [9.17, 15) is 35.1 Å². The molecule has 4 aromatic carbocycles. The first-order valence-corrected chi connectivity index (χ1v) is 12.1. The first kappa shape index (κ1) is 30.3. The van der Waals surface area contributed by atoms with Crippen LogP contribution < -0.4 is 9.47 Å². The van der Waals surface area contributed by atoms with Crippen LogP contribution in [0.5, 0.6) is 11.5 Å². The standard InChI is InChI=1S/C31H19F9O2/c1-2-3-4-17-5-7-18(8-6-17)19-9-10-22(23(32)11-19)20-12-24(33)29(25(34)13-20)31(39,40)42-21-14-26(35)30(27(36)15-21)41-16-28(37)38/h2,5-16H,1,3-4H2. The molecule has 2 nitrogen and oxygen atoms in total. The third kappa shape index (κ3) is 6.79. The van der Waals surface area contributed by atoms with Gasteiger partial charge in [-0.1, -0.05) is 42.5 Å². The van der Waals surface area contributed by atoms with Crippen LogP contribution in [0.2, 0.25) is 0 Å². The summed E-state index contributed by atoms with van der Waals surface area (Å²) in [6.45, 7) is 3.67. The molecule has 0 saturated carbocycles. The molecule has 0 amide bonds. The average molecular weight is 594 g/mol. The van der Waals surface area contributed by atoms with Crippen LogP contribution in [0.1, 0.15) is 17.5 Å². The quantitative estimate of drug-likeness (QED) is 0.103. The fourth-order valence-corrected chi connectivity index (χ4v) is 4.08. The zero-order chi connectivity index (χ0) is 30.6. The highest BCUT2D eigenvalue weighted by molar-refractivity contribution is 5.71. The predicted molar refractivity (Wildman–Crippen MR) is 138 cm³/mol. The van der Waals surface area contributed by atoms with Crippen molar-refractivity contribution in [1.82, 2.24) is 0 Å². The Morgan fingerprint density at radius 3 is 1.83 bits per heavy atom. The molecular formula is C31H19F9O2. The summed E-state index contributed by atoms with van der Waals surface area (Å²) in [5.41, 5.74) is -0.417. The fraction of sp³-hybridized carbons (Fsp3) is 0.0968. The largest absolute Gasteiger partial charge is 0.453 e.